The van der Waals surface area contributed by atoms with Gasteiger partial charge in [0.05, 0.1) is 0 Å². The molecule has 130 valence electrons. The van der Waals surface area contributed by atoms with E-state index in [1.807, 2.05) is 60.7 Å². The molecule has 1 fully saturated rings. The molecule has 2 aromatic rings. The SMILES string of the molecule is CN(Cc1ccccc1)C(=O)[C@H]1CCCN1C(=O)Nc1ccccc1. The van der Waals surface area contributed by atoms with Crippen LogP contribution in [-0.4, -0.2) is 41.4 Å². The Hall–Kier alpha value is -2.82. The van der Waals surface area contributed by atoms with Crippen molar-refractivity contribution in [2.75, 3.05) is 18.9 Å². The Morgan fingerprint density at radius 1 is 1.08 bits per heavy atom. The van der Waals surface area contributed by atoms with Gasteiger partial charge in [-0.3, -0.25) is 4.79 Å². The van der Waals surface area contributed by atoms with E-state index in [4.69, 9.17) is 0 Å². The molecule has 0 radical (unpaired) electrons. The number of benzene rings is 2. The van der Waals surface area contributed by atoms with E-state index >= 15 is 0 Å². The number of amides is 3. The molecule has 5 heteroatoms. The molecule has 1 aliphatic rings. The average molecular weight is 337 g/mol. The summed E-state index contributed by atoms with van der Waals surface area (Å²) in [6.45, 7) is 1.15. The van der Waals surface area contributed by atoms with Crippen molar-refractivity contribution < 1.29 is 9.59 Å². The Kier molecular flexibility index (Phi) is 5.33. The summed E-state index contributed by atoms with van der Waals surface area (Å²) in [5.74, 6) is -0.00966. The topological polar surface area (TPSA) is 52.7 Å². The van der Waals surface area contributed by atoms with Crippen molar-refractivity contribution in [2.45, 2.75) is 25.4 Å². The molecule has 1 saturated heterocycles. The van der Waals surface area contributed by atoms with E-state index in [0.29, 0.717) is 19.5 Å². The number of rotatable bonds is 4. The van der Waals surface area contributed by atoms with Gasteiger partial charge < -0.3 is 15.1 Å². The number of nitrogens with zero attached hydrogens (tertiary/aromatic N) is 2. The van der Waals surface area contributed by atoms with Crippen LogP contribution in [0.5, 0.6) is 0 Å². The third-order valence-electron chi connectivity index (χ3n) is 4.46. The smallest absolute Gasteiger partial charge is 0.322 e. The zero-order chi connectivity index (χ0) is 17.6. The van der Waals surface area contributed by atoms with Gasteiger partial charge in [0, 0.05) is 25.8 Å². The fourth-order valence-corrected chi connectivity index (χ4v) is 3.17. The average Bonchev–Trinajstić information content (AvgIpc) is 3.12. The maximum absolute atomic E-state index is 12.8. The number of hydrogen-bond acceptors (Lipinski definition) is 2. The maximum atomic E-state index is 12.8. The van der Waals surface area contributed by atoms with Crippen LogP contribution in [0.4, 0.5) is 10.5 Å². The minimum atomic E-state index is -0.391. The molecule has 3 amide bonds. The van der Waals surface area contributed by atoms with Crippen LogP contribution in [0.1, 0.15) is 18.4 Å². The quantitative estimate of drug-likeness (QED) is 0.930. The molecule has 1 atom stereocenters. The molecule has 2 aromatic carbocycles. The third-order valence-corrected chi connectivity index (χ3v) is 4.46. The second-order valence-corrected chi connectivity index (χ2v) is 6.33. The summed E-state index contributed by atoms with van der Waals surface area (Å²) in [5, 5.41) is 2.87. The zero-order valence-corrected chi connectivity index (χ0v) is 14.4. The van der Waals surface area contributed by atoms with Gasteiger partial charge in [-0.25, -0.2) is 4.79 Å². The summed E-state index contributed by atoms with van der Waals surface area (Å²) in [4.78, 5) is 28.7. The highest BCUT2D eigenvalue weighted by Gasteiger charge is 2.35. The van der Waals surface area contributed by atoms with E-state index < -0.39 is 6.04 Å². The fraction of sp³-hybridized carbons (Fsp3) is 0.300. The molecule has 5 nitrogen and oxygen atoms in total. The van der Waals surface area contributed by atoms with Crippen molar-refractivity contribution in [1.82, 2.24) is 9.80 Å². The standard InChI is InChI=1S/C20H23N3O2/c1-22(15-16-9-4-2-5-10-16)19(24)18-13-8-14-23(18)20(25)21-17-11-6-3-7-12-17/h2-7,9-12,18H,8,13-15H2,1H3,(H,21,25)/t18-/m1/s1. The first kappa shape index (κ1) is 17.0. The summed E-state index contributed by atoms with van der Waals surface area (Å²) in [7, 11) is 1.79. The van der Waals surface area contributed by atoms with Gasteiger partial charge in [-0.2, -0.15) is 0 Å². The first-order valence-electron chi connectivity index (χ1n) is 8.57. The molecule has 1 aliphatic heterocycles. The normalized spacial score (nSPS) is 16.5. The van der Waals surface area contributed by atoms with Crippen LogP contribution in [0, 0.1) is 0 Å². The highest BCUT2D eigenvalue weighted by molar-refractivity contribution is 5.94. The highest BCUT2D eigenvalue weighted by Crippen LogP contribution is 2.21. The second kappa shape index (κ2) is 7.83. The van der Waals surface area contributed by atoms with Gasteiger partial charge in [0.25, 0.3) is 0 Å². The molecule has 25 heavy (non-hydrogen) atoms. The number of urea groups is 1. The number of carbonyl (C=O) groups excluding carboxylic acids is 2. The Bertz CT molecular complexity index is 718. The first-order chi connectivity index (χ1) is 12.1. The highest BCUT2D eigenvalue weighted by atomic mass is 16.2. The van der Waals surface area contributed by atoms with Crippen LogP contribution in [-0.2, 0) is 11.3 Å². The van der Waals surface area contributed by atoms with Crippen molar-refractivity contribution >= 4 is 17.6 Å². The Balaban J connectivity index is 1.64. The lowest BCUT2D eigenvalue weighted by Crippen LogP contribution is -2.47. The van der Waals surface area contributed by atoms with E-state index in [1.54, 1.807) is 16.8 Å². The van der Waals surface area contributed by atoms with Gasteiger partial charge in [-0.05, 0) is 30.5 Å². The van der Waals surface area contributed by atoms with Crippen LogP contribution in [0.2, 0.25) is 0 Å². The van der Waals surface area contributed by atoms with Crippen LogP contribution in [0.15, 0.2) is 60.7 Å². The molecule has 1 N–H and O–H groups in total. The third kappa shape index (κ3) is 4.18. The van der Waals surface area contributed by atoms with Crippen molar-refractivity contribution in [1.29, 1.82) is 0 Å². The molecule has 0 saturated carbocycles. The predicted molar refractivity (Wildman–Crippen MR) is 98.1 cm³/mol. The lowest BCUT2D eigenvalue weighted by molar-refractivity contribution is -0.134. The van der Waals surface area contributed by atoms with Gasteiger partial charge >= 0.3 is 6.03 Å². The lowest BCUT2D eigenvalue weighted by atomic mass is 10.1. The van der Waals surface area contributed by atoms with Gasteiger partial charge in [-0.1, -0.05) is 48.5 Å². The van der Waals surface area contributed by atoms with Gasteiger partial charge in [0.2, 0.25) is 5.91 Å². The van der Waals surface area contributed by atoms with Gasteiger partial charge in [-0.15, -0.1) is 0 Å². The van der Waals surface area contributed by atoms with E-state index in [9.17, 15) is 9.59 Å². The molecule has 0 aromatic heterocycles. The minimum Gasteiger partial charge on any atom is -0.340 e. The monoisotopic (exact) mass is 337 g/mol. The van der Waals surface area contributed by atoms with E-state index in [2.05, 4.69) is 5.32 Å². The summed E-state index contributed by atoms with van der Waals surface area (Å²) >= 11 is 0. The number of anilines is 1. The summed E-state index contributed by atoms with van der Waals surface area (Å²) in [6.07, 6.45) is 1.55. The van der Waals surface area contributed by atoms with Crippen molar-refractivity contribution in [3.63, 3.8) is 0 Å². The van der Waals surface area contributed by atoms with Gasteiger partial charge in [0.15, 0.2) is 0 Å². The zero-order valence-electron chi connectivity index (χ0n) is 14.4. The number of hydrogen-bond donors (Lipinski definition) is 1. The molecular weight excluding hydrogens is 314 g/mol. The van der Waals surface area contributed by atoms with Crippen LogP contribution in [0.3, 0.4) is 0 Å². The minimum absolute atomic E-state index is 0.00966. The van der Waals surface area contributed by atoms with Crippen molar-refractivity contribution in [2.24, 2.45) is 0 Å². The molecular formula is C20H23N3O2. The van der Waals surface area contributed by atoms with Crippen LogP contribution in [0.25, 0.3) is 0 Å². The van der Waals surface area contributed by atoms with E-state index in [-0.39, 0.29) is 11.9 Å². The Morgan fingerprint density at radius 2 is 1.72 bits per heavy atom. The van der Waals surface area contributed by atoms with Crippen molar-refractivity contribution in [3.05, 3.63) is 66.2 Å². The number of para-hydroxylation sites is 1. The summed E-state index contributed by atoms with van der Waals surface area (Å²) < 4.78 is 0. The lowest BCUT2D eigenvalue weighted by Gasteiger charge is -2.28. The molecule has 0 unspecified atom stereocenters. The largest absolute Gasteiger partial charge is 0.340 e. The summed E-state index contributed by atoms with van der Waals surface area (Å²) in [6, 6.07) is 18.6. The van der Waals surface area contributed by atoms with Crippen LogP contribution >= 0.6 is 0 Å². The van der Waals surface area contributed by atoms with E-state index in [0.717, 1.165) is 17.7 Å². The number of carbonyl (C=O) groups is 2. The Morgan fingerprint density at radius 3 is 2.40 bits per heavy atom. The number of nitrogens with one attached hydrogen (secondary N) is 1. The van der Waals surface area contributed by atoms with Gasteiger partial charge in [0.1, 0.15) is 6.04 Å². The molecule has 0 bridgehead atoms. The second-order valence-electron chi connectivity index (χ2n) is 6.33. The summed E-state index contributed by atoms with van der Waals surface area (Å²) in [5.41, 5.74) is 1.82. The van der Waals surface area contributed by atoms with Crippen molar-refractivity contribution in [3.8, 4) is 0 Å². The molecule has 0 spiro atoms. The molecule has 3 rings (SSSR count). The van der Waals surface area contributed by atoms with Crippen LogP contribution < -0.4 is 5.32 Å². The van der Waals surface area contributed by atoms with E-state index in [1.165, 1.54) is 0 Å². The number of likely N-dealkylation sites (tertiary alicyclic amines) is 1. The molecule has 0 aliphatic carbocycles. The molecule has 1 heterocycles. The predicted octanol–water partition coefficient (Wildman–Crippen LogP) is 3.34. The Labute approximate surface area is 148 Å². The fourth-order valence-electron chi connectivity index (χ4n) is 3.17. The number of likely N-dealkylation sites (N-methyl/N-ethyl adjacent to an activating group) is 1. The maximum Gasteiger partial charge on any atom is 0.322 e. The first-order valence-corrected chi connectivity index (χ1v) is 8.57.